The van der Waals surface area contributed by atoms with Crippen LogP contribution in [0.2, 0.25) is 0 Å². The molecular formula is C27H28FN5O2S2. The predicted octanol–water partition coefficient (Wildman–Crippen LogP) is 4.33. The number of benzene rings is 1. The minimum atomic E-state index is -0.262. The number of thiocarbonyl (C=S) groups is 1. The summed E-state index contributed by atoms with van der Waals surface area (Å²) in [7, 11) is 0. The summed E-state index contributed by atoms with van der Waals surface area (Å²) in [5.41, 5.74) is 2.59. The summed E-state index contributed by atoms with van der Waals surface area (Å²) < 4.78 is 15.4. The Bertz CT molecular complexity index is 1460. The second kappa shape index (κ2) is 10.3. The van der Waals surface area contributed by atoms with Gasteiger partial charge in [-0.15, -0.1) is 0 Å². The molecule has 2 fully saturated rings. The van der Waals surface area contributed by atoms with Gasteiger partial charge in [0, 0.05) is 44.6 Å². The molecule has 0 unspecified atom stereocenters. The Hall–Kier alpha value is -3.24. The predicted molar refractivity (Wildman–Crippen MR) is 152 cm³/mol. The highest BCUT2D eigenvalue weighted by molar-refractivity contribution is 8.26. The number of piperazine rings is 1. The van der Waals surface area contributed by atoms with E-state index in [1.54, 1.807) is 29.3 Å². The van der Waals surface area contributed by atoms with Gasteiger partial charge in [0.2, 0.25) is 0 Å². The zero-order chi connectivity index (χ0) is 26.3. The van der Waals surface area contributed by atoms with Gasteiger partial charge in [0.05, 0.1) is 10.5 Å². The molecule has 7 nitrogen and oxygen atoms in total. The Morgan fingerprint density at radius 1 is 1.08 bits per heavy atom. The minimum Gasteiger partial charge on any atom is -0.368 e. The van der Waals surface area contributed by atoms with Crippen LogP contribution in [0.1, 0.15) is 25.0 Å². The van der Waals surface area contributed by atoms with Gasteiger partial charge < -0.3 is 9.80 Å². The Labute approximate surface area is 224 Å². The van der Waals surface area contributed by atoms with Gasteiger partial charge in [-0.3, -0.25) is 18.9 Å². The van der Waals surface area contributed by atoms with Gasteiger partial charge in [-0.1, -0.05) is 43.9 Å². The lowest BCUT2D eigenvalue weighted by Crippen LogP contribution is -2.47. The molecule has 5 rings (SSSR count). The lowest BCUT2D eigenvalue weighted by molar-refractivity contribution is -0.122. The van der Waals surface area contributed by atoms with Crippen LogP contribution < -0.4 is 15.4 Å². The van der Waals surface area contributed by atoms with E-state index in [1.807, 2.05) is 32.9 Å². The van der Waals surface area contributed by atoms with Crippen molar-refractivity contribution in [1.82, 2.24) is 14.3 Å². The van der Waals surface area contributed by atoms with Crippen molar-refractivity contribution in [3.8, 4) is 0 Å². The lowest BCUT2D eigenvalue weighted by Gasteiger charge is -2.37. The van der Waals surface area contributed by atoms with Crippen molar-refractivity contribution in [2.45, 2.75) is 20.8 Å². The van der Waals surface area contributed by atoms with E-state index in [4.69, 9.17) is 17.2 Å². The molecule has 2 aromatic heterocycles. The van der Waals surface area contributed by atoms with E-state index in [0.29, 0.717) is 59.0 Å². The van der Waals surface area contributed by atoms with Crippen LogP contribution in [0.3, 0.4) is 0 Å². The first kappa shape index (κ1) is 25.4. The van der Waals surface area contributed by atoms with Crippen molar-refractivity contribution in [2.75, 3.05) is 42.5 Å². The van der Waals surface area contributed by atoms with Gasteiger partial charge in [-0.2, -0.15) is 0 Å². The summed E-state index contributed by atoms with van der Waals surface area (Å²) in [6.07, 6.45) is 3.36. The molecule has 10 heteroatoms. The molecule has 1 aromatic carbocycles. The molecule has 0 radical (unpaired) electrons. The van der Waals surface area contributed by atoms with Crippen LogP contribution in [-0.4, -0.2) is 57.2 Å². The fraction of sp³-hybridized carbons (Fsp3) is 0.333. The van der Waals surface area contributed by atoms with Crippen LogP contribution in [0.25, 0.3) is 11.7 Å². The molecule has 0 aliphatic carbocycles. The number of aryl methyl sites for hydroxylation is 1. The Morgan fingerprint density at radius 2 is 1.76 bits per heavy atom. The topological polar surface area (TPSA) is 61.2 Å². The molecular weight excluding hydrogens is 509 g/mol. The first-order chi connectivity index (χ1) is 17.7. The van der Waals surface area contributed by atoms with Gasteiger partial charge in [-0.25, -0.2) is 9.37 Å². The summed E-state index contributed by atoms with van der Waals surface area (Å²) in [6.45, 7) is 9.17. The molecule has 4 heterocycles. The normalized spacial score (nSPS) is 17.6. The van der Waals surface area contributed by atoms with Crippen LogP contribution in [0.5, 0.6) is 0 Å². The number of halogens is 1. The monoisotopic (exact) mass is 537 g/mol. The summed E-state index contributed by atoms with van der Waals surface area (Å²) in [5.74, 6) is 0.393. The number of pyridine rings is 1. The number of nitrogens with zero attached hydrogens (tertiary/aromatic N) is 5. The smallest absolute Gasteiger partial charge is 0.267 e. The molecule has 0 saturated carbocycles. The van der Waals surface area contributed by atoms with Crippen LogP contribution in [0.4, 0.5) is 15.9 Å². The molecule has 2 aliphatic rings. The number of carbonyl (C=O) groups is 1. The molecule has 37 heavy (non-hydrogen) atoms. The highest BCUT2D eigenvalue weighted by Crippen LogP contribution is 2.34. The fourth-order valence-corrected chi connectivity index (χ4v) is 5.91. The maximum Gasteiger partial charge on any atom is 0.267 e. The number of aromatic nitrogens is 2. The van der Waals surface area contributed by atoms with Crippen LogP contribution in [0.15, 0.2) is 52.3 Å². The number of anilines is 2. The van der Waals surface area contributed by atoms with E-state index in [-0.39, 0.29) is 23.2 Å². The Balaban J connectivity index is 1.53. The number of rotatable bonds is 5. The summed E-state index contributed by atoms with van der Waals surface area (Å²) in [6, 6.07) is 10.2. The molecule has 192 valence electrons. The van der Waals surface area contributed by atoms with E-state index >= 15 is 0 Å². The lowest BCUT2D eigenvalue weighted by atomic mass is 10.2. The molecule has 3 aromatic rings. The van der Waals surface area contributed by atoms with Gasteiger partial charge in [0.1, 0.15) is 21.6 Å². The number of hydrogen-bond donors (Lipinski definition) is 0. The molecule has 0 spiro atoms. The quantitative estimate of drug-likeness (QED) is 0.355. The Morgan fingerprint density at radius 3 is 2.43 bits per heavy atom. The van der Waals surface area contributed by atoms with Crippen molar-refractivity contribution >= 4 is 57.4 Å². The summed E-state index contributed by atoms with van der Waals surface area (Å²) in [4.78, 5) is 38.2. The second-order valence-electron chi connectivity index (χ2n) is 9.68. The van der Waals surface area contributed by atoms with Crippen molar-refractivity contribution in [2.24, 2.45) is 5.92 Å². The zero-order valence-corrected chi connectivity index (χ0v) is 22.6. The van der Waals surface area contributed by atoms with E-state index in [0.717, 1.165) is 11.3 Å². The standard InChI is InChI=1S/C27H28FN5O2S2/c1-17(2)16-33-26(35)22(37-27(33)36)15-21-24(29-23-18(3)5-4-10-32(23)25(21)34)31-13-11-30(12-14-31)20-8-6-19(28)7-9-20/h4-10,15,17H,11-14,16H2,1-3H3/b22-15+. The molecule has 1 amide bonds. The van der Waals surface area contributed by atoms with Crippen LogP contribution in [-0.2, 0) is 4.79 Å². The van der Waals surface area contributed by atoms with E-state index in [1.165, 1.54) is 28.3 Å². The third-order valence-corrected chi connectivity index (χ3v) is 7.91. The summed E-state index contributed by atoms with van der Waals surface area (Å²) in [5, 5.41) is 0. The fourth-order valence-electron chi connectivity index (χ4n) is 4.65. The number of fused-ring (bicyclic) bond motifs is 1. The average molecular weight is 538 g/mol. The van der Waals surface area contributed by atoms with E-state index < -0.39 is 0 Å². The third-order valence-electron chi connectivity index (χ3n) is 6.53. The molecule has 0 atom stereocenters. The van der Waals surface area contributed by atoms with Gasteiger partial charge in [0.25, 0.3) is 11.5 Å². The Kier molecular flexibility index (Phi) is 7.04. The van der Waals surface area contributed by atoms with Crippen molar-refractivity contribution in [1.29, 1.82) is 0 Å². The minimum absolute atomic E-state index is 0.176. The number of amides is 1. The summed E-state index contributed by atoms with van der Waals surface area (Å²) >= 11 is 6.70. The first-order valence-electron chi connectivity index (χ1n) is 12.3. The number of thioether (sulfide) groups is 1. The van der Waals surface area contributed by atoms with Crippen molar-refractivity contribution < 1.29 is 9.18 Å². The van der Waals surface area contributed by atoms with Crippen LogP contribution >= 0.6 is 24.0 Å². The first-order valence-corrected chi connectivity index (χ1v) is 13.5. The van der Waals surface area contributed by atoms with Gasteiger partial charge in [-0.05, 0) is 54.8 Å². The average Bonchev–Trinajstić information content (AvgIpc) is 3.13. The number of hydrogen-bond acceptors (Lipinski definition) is 7. The van der Waals surface area contributed by atoms with Gasteiger partial charge >= 0.3 is 0 Å². The largest absolute Gasteiger partial charge is 0.368 e. The zero-order valence-electron chi connectivity index (χ0n) is 21.0. The molecule has 0 N–H and O–H groups in total. The SMILES string of the molecule is Cc1cccn2c(=O)c(/C=C3/SC(=S)N(CC(C)C)C3=O)c(N3CCN(c4ccc(F)cc4)CC3)nc12. The molecule has 2 saturated heterocycles. The maximum atomic E-state index is 13.7. The van der Waals surface area contributed by atoms with Crippen molar-refractivity contribution in [3.63, 3.8) is 0 Å². The highest BCUT2D eigenvalue weighted by atomic mass is 32.2. The highest BCUT2D eigenvalue weighted by Gasteiger charge is 2.33. The second-order valence-corrected chi connectivity index (χ2v) is 11.4. The van der Waals surface area contributed by atoms with Gasteiger partial charge in [0.15, 0.2) is 0 Å². The third kappa shape index (κ3) is 5.00. The number of carbonyl (C=O) groups excluding carboxylic acids is 1. The maximum absolute atomic E-state index is 13.7. The molecule has 2 aliphatic heterocycles. The molecule has 0 bridgehead atoms. The van der Waals surface area contributed by atoms with Crippen molar-refractivity contribution in [3.05, 3.63) is 74.8 Å². The van der Waals surface area contributed by atoms with E-state index in [9.17, 15) is 14.0 Å². The van der Waals surface area contributed by atoms with E-state index in [2.05, 4.69) is 9.80 Å². The van der Waals surface area contributed by atoms with Crippen LogP contribution in [0, 0.1) is 18.7 Å².